The van der Waals surface area contributed by atoms with Crippen molar-refractivity contribution in [3.05, 3.63) is 84.2 Å². The van der Waals surface area contributed by atoms with E-state index in [0.29, 0.717) is 6.04 Å². The van der Waals surface area contributed by atoms with Crippen molar-refractivity contribution in [3.8, 4) is 0 Å². The van der Waals surface area contributed by atoms with E-state index >= 15 is 0 Å². The molecule has 0 aromatic heterocycles. The van der Waals surface area contributed by atoms with Crippen molar-refractivity contribution in [2.75, 3.05) is 13.2 Å². The Morgan fingerprint density at radius 3 is 1.95 bits per heavy atom. The minimum atomic E-state index is 0.303. The third-order valence-corrected chi connectivity index (χ3v) is 3.90. The summed E-state index contributed by atoms with van der Waals surface area (Å²) in [4.78, 5) is 3.94. The van der Waals surface area contributed by atoms with Gasteiger partial charge in [-0.25, -0.2) is 0 Å². The first-order chi connectivity index (χ1) is 9.88. The zero-order chi connectivity index (χ0) is 13.8. The number of nitrogens with one attached hydrogen (secondary N) is 1. The van der Waals surface area contributed by atoms with Crippen LogP contribution in [0.3, 0.4) is 0 Å². The second-order valence-corrected chi connectivity index (χ2v) is 5.22. The molecule has 0 amide bonds. The summed E-state index contributed by atoms with van der Waals surface area (Å²) in [5.74, 6) is 0. The molecule has 0 aliphatic carbocycles. The van der Waals surface area contributed by atoms with Crippen LogP contribution in [-0.4, -0.2) is 18.1 Å². The van der Waals surface area contributed by atoms with Crippen LogP contribution in [0.15, 0.2) is 73.1 Å². The Balaban J connectivity index is 1.95. The third kappa shape index (κ3) is 2.61. The molecular weight excluding hydrogens is 244 g/mol. The van der Waals surface area contributed by atoms with Gasteiger partial charge in [-0.2, -0.15) is 0 Å². The van der Waals surface area contributed by atoms with Crippen molar-refractivity contribution < 1.29 is 4.90 Å². The first-order valence-corrected chi connectivity index (χ1v) is 7.27. The molecule has 2 aromatic rings. The molecule has 3 rings (SSSR count). The Kier molecular flexibility index (Phi) is 3.84. The van der Waals surface area contributed by atoms with Gasteiger partial charge in [0.15, 0.2) is 6.67 Å². The smallest absolute Gasteiger partial charge is 0.157 e. The van der Waals surface area contributed by atoms with Gasteiger partial charge in [0.2, 0.25) is 0 Å². The van der Waals surface area contributed by atoms with Crippen molar-refractivity contribution in [1.82, 2.24) is 4.90 Å². The van der Waals surface area contributed by atoms with Gasteiger partial charge in [-0.1, -0.05) is 60.7 Å². The molecule has 1 aliphatic heterocycles. The van der Waals surface area contributed by atoms with Crippen LogP contribution in [0.1, 0.15) is 24.1 Å². The van der Waals surface area contributed by atoms with Crippen molar-refractivity contribution in [1.29, 1.82) is 0 Å². The quantitative estimate of drug-likeness (QED) is 0.892. The Bertz CT molecular complexity index is 523. The lowest BCUT2D eigenvalue weighted by Gasteiger charge is -2.28. The summed E-state index contributed by atoms with van der Waals surface area (Å²) in [5, 5.41) is 0. The summed E-state index contributed by atoms with van der Waals surface area (Å²) in [7, 11) is 0. The van der Waals surface area contributed by atoms with Gasteiger partial charge in [0.25, 0.3) is 0 Å². The fraction of sp³-hybridized carbons (Fsp3) is 0.222. The van der Waals surface area contributed by atoms with E-state index in [-0.39, 0.29) is 0 Å². The van der Waals surface area contributed by atoms with E-state index in [1.54, 1.807) is 0 Å². The van der Waals surface area contributed by atoms with Gasteiger partial charge in [-0.3, -0.25) is 4.90 Å². The van der Waals surface area contributed by atoms with Crippen molar-refractivity contribution in [3.63, 3.8) is 0 Å². The molecular formula is C18H21N2+. The van der Waals surface area contributed by atoms with Crippen LogP contribution in [0.25, 0.3) is 0 Å². The maximum Gasteiger partial charge on any atom is 0.157 e. The van der Waals surface area contributed by atoms with E-state index in [0.717, 1.165) is 13.2 Å². The monoisotopic (exact) mass is 265 g/mol. The highest BCUT2D eigenvalue weighted by atomic mass is 15.3. The Hall–Kier alpha value is -2.06. The molecule has 0 fully saturated rings. The number of nitrogens with zero attached hydrogens (tertiary/aromatic N) is 1. The van der Waals surface area contributed by atoms with Crippen molar-refractivity contribution in [2.24, 2.45) is 0 Å². The molecule has 0 bridgehead atoms. The highest BCUT2D eigenvalue weighted by molar-refractivity contribution is 5.32. The number of benzene rings is 2. The van der Waals surface area contributed by atoms with Gasteiger partial charge >= 0.3 is 0 Å². The highest BCUT2D eigenvalue weighted by Crippen LogP contribution is 2.28. The first kappa shape index (κ1) is 12.9. The summed E-state index contributed by atoms with van der Waals surface area (Å²) in [6, 6.07) is 21.8. The predicted molar refractivity (Wildman–Crippen MR) is 82.1 cm³/mol. The molecule has 102 valence electrons. The Morgan fingerprint density at radius 2 is 1.50 bits per heavy atom. The van der Waals surface area contributed by atoms with Crippen LogP contribution >= 0.6 is 0 Å². The maximum atomic E-state index is 2.43. The molecule has 1 unspecified atom stereocenters. The van der Waals surface area contributed by atoms with Gasteiger partial charge in [0.05, 0.1) is 18.8 Å². The van der Waals surface area contributed by atoms with Gasteiger partial charge in [-0.05, 0) is 18.1 Å². The van der Waals surface area contributed by atoms with Gasteiger partial charge in [0, 0.05) is 0 Å². The number of quaternary nitrogens is 1. The van der Waals surface area contributed by atoms with E-state index < -0.39 is 0 Å². The average Bonchev–Trinajstić information content (AvgIpc) is 2.98. The van der Waals surface area contributed by atoms with E-state index in [9.17, 15) is 0 Å². The van der Waals surface area contributed by atoms with Crippen LogP contribution < -0.4 is 4.90 Å². The van der Waals surface area contributed by atoms with Crippen LogP contribution in [0.2, 0.25) is 0 Å². The van der Waals surface area contributed by atoms with Crippen molar-refractivity contribution in [2.45, 2.75) is 13.0 Å². The molecule has 0 spiro atoms. The first-order valence-electron chi connectivity index (χ1n) is 7.27. The lowest BCUT2D eigenvalue weighted by molar-refractivity contribution is -0.847. The van der Waals surface area contributed by atoms with Crippen LogP contribution in [-0.2, 0) is 0 Å². The molecule has 2 nitrogen and oxygen atoms in total. The van der Waals surface area contributed by atoms with Crippen LogP contribution in [0, 0.1) is 0 Å². The molecule has 0 saturated carbocycles. The van der Waals surface area contributed by atoms with E-state index in [1.165, 1.54) is 16.0 Å². The molecule has 2 aromatic carbocycles. The molecule has 0 radical (unpaired) electrons. The van der Waals surface area contributed by atoms with E-state index in [2.05, 4.69) is 84.9 Å². The molecule has 1 atom stereocenters. The summed E-state index contributed by atoms with van der Waals surface area (Å²) >= 11 is 0. The average molecular weight is 265 g/mol. The number of rotatable bonds is 4. The summed E-state index contributed by atoms with van der Waals surface area (Å²) in [5.41, 5.74) is 2.70. The molecule has 20 heavy (non-hydrogen) atoms. The highest BCUT2D eigenvalue weighted by Gasteiger charge is 2.26. The van der Waals surface area contributed by atoms with Gasteiger partial charge in [0.1, 0.15) is 6.20 Å². The summed E-state index contributed by atoms with van der Waals surface area (Å²) < 4.78 is 0. The van der Waals surface area contributed by atoms with E-state index in [1.807, 2.05) is 0 Å². The molecule has 1 heterocycles. The lowest BCUT2D eigenvalue weighted by Crippen LogP contribution is -3.06. The third-order valence-electron chi connectivity index (χ3n) is 3.90. The zero-order valence-electron chi connectivity index (χ0n) is 11.9. The zero-order valence-corrected chi connectivity index (χ0v) is 11.9. The standard InChI is InChI=1S/C18H20N2/c1-2-19-13-14-20(15-19)18(16-9-5-3-6-10-16)17-11-7-4-8-12-17/h3-14,18H,2,15H2,1H3/p+1. The fourth-order valence-corrected chi connectivity index (χ4v) is 2.79. The fourth-order valence-electron chi connectivity index (χ4n) is 2.79. The largest absolute Gasteiger partial charge is 0.315 e. The lowest BCUT2D eigenvalue weighted by atomic mass is 9.98. The van der Waals surface area contributed by atoms with E-state index in [4.69, 9.17) is 0 Å². The second kappa shape index (κ2) is 5.93. The topological polar surface area (TPSA) is 7.68 Å². The van der Waals surface area contributed by atoms with Crippen LogP contribution in [0.5, 0.6) is 0 Å². The number of hydrogen-bond acceptors (Lipinski definition) is 1. The molecule has 0 saturated heterocycles. The predicted octanol–water partition coefficient (Wildman–Crippen LogP) is 2.43. The number of hydrogen-bond donors (Lipinski definition) is 1. The van der Waals surface area contributed by atoms with Crippen molar-refractivity contribution >= 4 is 0 Å². The Labute approximate surface area is 121 Å². The SMILES string of the molecule is CC[NH+]1C=CN(C(c2ccccc2)c2ccccc2)C1. The molecule has 1 N–H and O–H groups in total. The summed E-state index contributed by atoms with van der Waals surface area (Å²) in [6.45, 7) is 4.39. The van der Waals surface area contributed by atoms with Gasteiger partial charge in [-0.15, -0.1) is 0 Å². The normalized spacial score (nSPS) is 17.9. The minimum absolute atomic E-state index is 0.303. The maximum absolute atomic E-state index is 2.43. The molecule has 1 aliphatic rings. The summed E-state index contributed by atoms with van der Waals surface area (Å²) in [6.07, 6.45) is 4.50. The van der Waals surface area contributed by atoms with Crippen LogP contribution in [0.4, 0.5) is 0 Å². The Morgan fingerprint density at radius 1 is 0.950 bits per heavy atom. The van der Waals surface area contributed by atoms with Gasteiger partial charge < -0.3 is 4.90 Å². The minimum Gasteiger partial charge on any atom is -0.315 e. The molecule has 2 heteroatoms. The second-order valence-electron chi connectivity index (χ2n) is 5.22.